The zero-order valence-electron chi connectivity index (χ0n) is 17.4. The maximum Gasteiger partial charge on any atom is 0.264 e. The zero-order chi connectivity index (χ0) is 23.0. The van der Waals surface area contributed by atoms with E-state index in [-0.39, 0.29) is 17.7 Å². The maximum atomic E-state index is 14.4. The van der Waals surface area contributed by atoms with Crippen LogP contribution in [0, 0.1) is 11.7 Å². The molecule has 3 aromatic carbocycles. The van der Waals surface area contributed by atoms with Crippen LogP contribution in [0.4, 0.5) is 15.8 Å². The lowest BCUT2D eigenvalue weighted by atomic mass is 10.1. The first-order valence-electron chi connectivity index (χ1n) is 10.4. The van der Waals surface area contributed by atoms with Gasteiger partial charge in [-0.1, -0.05) is 30.3 Å². The molecule has 1 aliphatic rings. The highest BCUT2D eigenvalue weighted by Gasteiger charge is 2.44. The van der Waals surface area contributed by atoms with Gasteiger partial charge in [-0.05, 0) is 65.8 Å². The van der Waals surface area contributed by atoms with E-state index in [9.17, 15) is 17.6 Å². The predicted octanol–water partition coefficient (Wildman–Crippen LogP) is 4.92. The summed E-state index contributed by atoms with van der Waals surface area (Å²) in [5.41, 5.74) is 1.64. The zero-order valence-corrected chi connectivity index (χ0v) is 18.2. The second kappa shape index (κ2) is 8.29. The lowest BCUT2D eigenvalue weighted by molar-refractivity contribution is -0.117. The number of para-hydroxylation sites is 1. The highest BCUT2D eigenvalue weighted by Crippen LogP contribution is 2.48. The molecule has 0 radical (unpaired) electrons. The average molecular weight is 462 g/mol. The van der Waals surface area contributed by atoms with Crippen molar-refractivity contribution in [2.45, 2.75) is 17.2 Å². The minimum atomic E-state index is -4.11. The lowest BCUT2D eigenvalue weighted by Gasteiger charge is -2.11. The molecule has 0 bridgehead atoms. The van der Waals surface area contributed by atoms with Crippen molar-refractivity contribution in [2.75, 3.05) is 10.0 Å². The number of carbonyl (C=O) groups excluding carboxylic acids is 1. The molecule has 1 aliphatic carbocycles. The van der Waals surface area contributed by atoms with Crippen molar-refractivity contribution in [3.05, 3.63) is 96.6 Å². The quantitative estimate of drug-likeness (QED) is 0.427. The average Bonchev–Trinajstić information content (AvgIpc) is 3.61. The smallest absolute Gasteiger partial charge is 0.264 e. The van der Waals surface area contributed by atoms with E-state index in [2.05, 4.69) is 15.0 Å². The van der Waals surface area contributed by atoms with Crippen LogP contribution in [-0.2, 0) is 14.8 Å². The first-order valence-corrected chi connectivity index (χ1v) is 11.9. The van der Waals surface area contributed by atoms with Crippen molar-refractivity contribution >= 4 is 38.1 Å². The second-order valence-corrected chi connectivity index (χ2v) is 9.69. The Morgan fingerprint density at radius 3 is 2.58 bits per heavy atom. The number of pyridine rings is 1. The summed E-state index contributed by atoms with van der Waals surface area (Å²) in [4.78, 5) is 16.4. The Bertz CT molecular complexity index is 1460. The van der Waals surface area contributed by atoms with Crippen LogP contribution in [0.1, 0.15) is 17.9 Å². The molecule has 1 saturated carbocycles. The van der Waals surface area contributed by atoms with Crippen molar-refractivity contribution < 1.29 is 17.6 Å². The fourth-order valence-electron chi connectivity index (χ4n) is 3.92. The Kier molecular flexibility index (Phi) is 5.30. The van der Waals surface area contributed by atoms with Gasteiger partial charge >= 0.3 is 0 Å². The van der Waals surface area contributed by atoms with E-state index in [1.54, 1.807) is 42.7 Å². The van der Waals surface area contributed by atoms with Gasteiger partial charge in [0.05, 0.1) is 0 Å². The van der Waals surface area contributed by atoms with E-state index in [1.165, 1.54) is 12.1 Å². The van der Waals surface area contributed by atoms with Crippen LogP contribution in [0.15, 0.2) is 90.1 Å². The number of benzene rings is 3. The lowest BCUT2D eigenvalue weighted by Crippen LogP contribution is -2.16. The molecule has 0 spiro atoms. The number of fused-ring (bicyclic) bond motifs is 1. The number of rotatable bonds is 6. The van der Waals surface area contributed by atoms with Gasteiger partial charge in [-0.25, -0.2) is 12.8 Å². The molecular formula is C25H20FN3O3S. The molecule has 1 aromatic heterocycles. The van der Waals surface area contributed by atoms with E-state index >= 15 is 0 Å². The van der Waals surface area contributed by atoms with Crippen molar-refractivity contribution in [3.8, 4) is 0 Å². The van der Waals surface area contributed by atoms with Gasteiger partial charge in [-0.15, -0.1) is 0 Å². The molecule has 4 aromatic rings. The third-order valence-electron chi connectivity index (χ3n) is 5.73. The van der Waals surface area contributed by atoms with E-state index in [0.717, 1.165) is 16.8 Å². The van der Waals surface area contributed by atoms with Gasteiger partial charge in [0.25, 0.3) is 10.0 Å². The SMILES string of the molecule is O=C(Nc1ccc2cnccc2c1)[C@@H]1CC1c1ccc(F)c(S(=O)(=O)Nc2ccccc2)c1. The molecule has 166 valence electrons. The third-order valence-corrected chi connectivity index (χ3v) is 7.13. The summed E-state index contributed by atoms with van der Waals surface area (Å²) in [6.45, 7) is 0. The number of aromatic nitrogens is 1. The van der Waals surface area contributed by atoms with Crippen LogP contribution in [0.3, 0.4) is 0 Å². The Morgan fingerprint density at radius 2 is 1.76 bits per heavy atom. The number of hydrogen-bond acceptors (Lipinski definition) is 4. The molecule has 1 unspecified atom stereocenters. The number of amides is 1. The van der Waals surface area contributed by atoms with E-state index < -0.39 is 20.7 Å². The Morgan fingerprint density at radius 1 is 0.939 bits per heavy atom. The number of halogens is 1. The van der Waals surface area contributed by atoms with Gasteiger partial charge < -0.3 is 5.32 Å². The summed E-state index contributed by atoms with van der Waals surface area (Å²) in [5.74, 6) is -1.46. The van der Waals surface area contributed by atoms with E-state index in [4.69, 9.17) is 0 Å². The summed E-state index contributed by atoms with van der Waals surface area (Å²) in [6, 6.07) is 19.8. The van der Waals surface area contributed by atoms with E-state index in [0.29, 0.717) is 23.4 Å². The highest BCUT2D eigenvalue weighted by molar-refractivity contribution is 7.92. The highest BCUT2D eigenvalue weighted by atomic mass is 32.2. The Labute approximate surface area is 190 Å². The minimum absolute atomic E-state index is 0.149. The van der Waals surface area contributed by atoms with Crippen molar-refractivity contribution in [1.82, 2.24) is 4.98 Å². The first-order chi connectivity index (χ1) is 15.9. The van der Waals surface area contributed by atoms with Crippen LogP contribution in [0.5, 0.6) is 0 Å². The number of anilines is 2. The normalized spacial score (nSPS) is 17.5. The monoisotopic (exact) mass is 461 g/mol. The number of hydrogen-bond donors (Lipinski definition) is 2. The van der Waals surface area contributed by atoms with Gasteiger partial charge in [-0.2, -0.15) is 0 Å². The topological polar surface area (TPSA) is 88.2 Å². The minimum Gasteiger partial charge on any atom is -0.326 e. The molecule has 1 heterocycles. The van der Waals surface area contributed by atoms with Crippen LogP contribution in [0.2, 0.25) is 0 Å². The Balaban J connectivity index is 1.32. The van der Waals surface area contributed by atoms with E-state index in [1.807, 2.05) is 24.3 Å². The molecule has 1 amide bonds. The van der Waals surface area contributed by atoms with Crippen LogP contribution >= 0.6 is 0 Å². The molecule has 0 saturated heterocycles. The number of nitrogens with zero attached hydrogens (tertiary/aromatic N) is 1. The second-order valence-electron chi connectivity index (χ2n) is 8.04. The summed E-state index contributed by atoms with van der Waals surface area (Å²) in [7, 11) is -4.11. The summed E-state index contributed by atoms with van der Waals surface area (Å²) < 4.78 is 42.3. The summed E-state index contributed by atoms with van der Waals surface area (Å²) in [5, 5.41) is 4.86. The van der Waals surface area contributed by atoms with Gasteiger partial charge in [0.15, 0.2) is 0 Å². The summed E-state index contributed by atoms with van der Waals surface area (Å²) in [6.07, 6.45) is 4.02. The predicted molar refractivity (Wildman–Crippen MR) is 125 cm³/mol. The first kappa shape index (κ1) is 21.1. The van der Waals surface area contributed by atoms with Crippen LogP contribution in [0.25, 0.3) is 10.8 Å². The fourth-order valence-corrected chi connectivity index (χ4v) is 5.09. The van der Waals surface area contributed by atoms with Crippen molar-refractivity contribution in [3.63, 3.8) is 0 Å². The molecule has 2 atom stereocenters. The van der Waals surface area contributed by atoms with Gasteiger partial charge in [-0.3, -0.25) is 14.5 Å². The van der Waals surface area contributed by atoms with Gasteiger partial charge in [0, 0.05) is 35.1 Å². The molecule has 8 heteroatoms. The number of nitrogens with one attached hydrogen (secondary N) is 2. The molecule has 33 heavy (non-hydrogen) atoms. The standard InChI is InChI=1S/C25H20FN3O3S/c26-23-9-7-17(13-24(23)33(31,32)29-19-4-2-1-3-5-19)21-14-22(21)25(30)28-20-8-6-18-15-27-11-10-16(18)12-20/h1-13,15,21-22,29H,14H2,(H,28,30)/t21?,22-/m1/s1. The number of sulfonamides is 1. The maximum absolute atomic E-state index is 14.4. The molecule has 2 N–H and O–H groups in total. The van der Waals surface area contributed by atoms with Crippen molar-refractivity contribution in [1.29, 1.82) is 0 Å². The van der Waals surface area contributed by atoms with Gasteiger partial charge in [0.1, 0.15) is 10.7 Å². The number of carbonyl (C=O) groups is 1. The molecular weight excluding hydrogens is 441 g/mol. The molecule has 5 rings (SSSR count). The molecule has 0 aliphatic heterocycles. The fraction of sp³-hybridized carbons (Fsp3) is 0.120. The van der Waals surface area contributed by atoms with Crippen LogP contribution < -0.4 is 10.0 Å². The molecule has 6 nitrogen and oxygen atoms in total. The Hall–Kier alpha value is -3.78. The largest absolute Gasteiger partial charge is 0.326 e. The van der Waals surface area contributed by atoms with Crippen molar-refractivity contribution in [2.24, 2.45) is 5.92 Å². The third kappa shape index (κ3) is 4.42. The van der Waals surface area contributed by atoms with Crippen LogP contribution in [-0.4, -0.2) is 19.3 Å². The van der Waals surface area contributed by atoms with Gasteiger partial charge in [0.2, 0.25) is 5.91 Å². The molecule has 1 fully saturated rings. The summed E-state index contributed by atoms with van der Waals surface area (Å²) >= 11 is 0.